The summed E-state index contributed by atoms with van der Waals surface area (Å²) in [5.41, 5.74) is -1.06. The second-order valence-corrected chi connectivity index (χ2v) is 6.80. The Bertz CT molecular complexity index is 798. The van der Waals surface area contributed by atoms with Crippen molar-refractivity contribution in [2.45, 2.75) is 25.0 Å². The summed E-state index contributed by atoms with van der Waals surface area (Å²) >= 11 is 0. The van der Waals surface area contributed by atoms with Crippen LogP contribution in [-0.2, 0) is 14.3 Å². The molecule has 1 aromatic rings. The third kappa shape index (κ3) is 1.70. The molecule has 0 radical (unpaired) electrons. The molecule has 4 atom stereocenters. The normalized spacial score (nSPS) is 36.5. The summed E-state index contributed by atoms with van der Waals surface area (Å²) in [5, 5.41) is 9.77. The molecule has 3 heterocycles. The van der Waals surface area contributed by atoms with Crippen LogP contribution in [0, 0.1) is 11.8 Å². The minimum Gasteiger partial charge on any atom is -0.393 e. The van der Waals surface area contributed by atoms with E-state index in [0.717, 1.165) is 4.90 Å². The van der Waals surface area contributed by atoms with Crippen molar-refractivity contribution in [3.63, 3.8) is 0 Å². The number of ether oxygens (including phenoxy) is 1. The predicted octanol–water partition coefficient (Wildman–Crippen LogP) is 1.08. The molecule has 1 N–H and O–H groups in total. The van der Waals surface area contributed by atoms with E-state index in [1.54, 1.807) is 43.3 Å². The van der Waals surface area contributed by atoms with Gasteiger partial charge in [-0.3, -0.25) is 14.4 Å². The third-order valence-electron chi connectivity index (χ3n) is 5.34. The summed E-state index contributed by atoms with van der Waals surface area (Å²) in [4.78, 5) is 38.4. The number of anilines is 1. The van der Waals surface area contributed by atoms with Gasteiger partial charge in [0, 0.05) is 5.56 Å². The molecule has 0 saturated carbocycles. The number of amides is 2. The van der Waals surface area contributed by atoms with Gasteiger partial charge in [-0.15, -0.1) is 0 Å². The van der Waals surface area contributed by atoms with E-state index < -0.39 is 23.0 Å². The van der Waals surface area contributed by atoms with Crippen molar-refractivity contribution in [1.82, 2.24) is 0 Å². The Morgan fingerprint density at radius 3 is 2.38 bits per heavy atom. The molecule has 4 unspecified atom stereocenters. The van der Waals surface area contributed by atoms with Crippen LogP contribution in [0.1, 0.15) is 24.2 Å². The van der Waals surface area contributed by atoms with Crippen LogP contribution in [0.3, 0.4) is 0 Å². The van der Waals surface area contributed by atoms with E-state index in [2.05, 4.69) is 0 Å². The molecule has 0 aromatic heterocycles. The minimum atomic E-state index is -1.12. The molecule has 0 aliphatic carbocycles. The van der Waals surface area contributed by atoms with E-state index >= 15 is 0 Å². The smallest absolute Gasteiger partial charge is 0.241 e. The maximum absolute atomic E-state index is 12.9. The van der Waals surface area contributed by atoms with Crippen molar-refractivity contribution < 1.29 is 24.2 Å². The average Bonchev–Trinajstić information content (AvgIpc) is 3.14. The molecule has 3 aliphatic heterocycles. The zero-order valence-corrected chi connectivity index (χ0v) is 13.4. The second kappa shape index (κ2) is 4.62. The zero-order chi connectivity index (χ0) is 17.3. The Balaban J connectivity index is 1.75. The number of nitrogens with zero attached hydrogens (tertiary/aromatic N) is 1. The Morgan fingerprint density at radius 2 is 1.79 bits per heavy atom. The van der Waals surface area contributed by atoms with Crippen LogP contribution in [0.4, 0.5) is 5.69 Å². The van der Waals surface area contributed by atoms with E-state index in [1.165, 1.54) is 6.92 Å². The first-order valence-electron chi connectivity index (χ1n) is 7.83. The molecule has 2 fully saturated rings. The fraction of sp³-hybridized carbons (Fsp3) is 0.389. The fourth-order valence-corrected chi connectivity index (χ4v) is 4.14. The average molecular weight is 327 g/mol. The monoisotopic (exact) mass is 327 g/mol. The molecular weight excluding hydrogens is 310 g/mol. The number of rotatable bonds is 3. The van der Waals surface area contributed by atoms with Crippen LogP contribution in [0.2, 0.25) is 0 Å². The molecule has 2 bridgehead atoms. The molecule has 6 heteroatoms. The predicted molar refractivity (Wildman–Crippen MR) is 84.4 cm³/mol. The summed E-state index contributed by atoms with van der Waals surface area (Å²) in [7, 11) is 0. The van der Waals surface area contributed by atoms with Crippen LogP contribution in [0.25, 0.3) is 0 Å². The first-order valence-corrected chi connectivity index (χ1v) is 7.83. The number of imide groups is 1. The number of fused-ring (bicyclic) bond motifs is 5. The molecule has 3 aliphatic rings. The van der Waals surface area contributed by atoms with Gasteiger partial charge < -0.3 is 9.84 Å². The largest absolute Gasteiger partial charge is 0.393 e. The Morgan fingerprint density at radius 1 is 1.17 bits per heavy atom. The van der Waals surface area contributed by atoms with Crippen LogP contribution in [0.5, 0.6) is 0 Å². The lowest BCUT2D eigenvalue weighted by molar-refractivity contribution is -0.131. The van der Waals surface area contributed by atoms with Gasteiger partial charge in [0.05, 0.1) is 29.7 Å². The van der Waals surface area contributed by atoms with E-state index in [0.29, 0.717) is 11.3 Å². The van der Waals surface area contributed by atoms with Gasteiger partial charge in [0.1, 0.15) is 5.60 Å². The maximum atomic E-state index is 12.9. The maximum Gasteiger partial charge on any atom is 0.241 e. The Kier molecular flexibility index (Phi) is 2.93. The molecule has 1 aromatic carbocycles. The summed E-state index contributed by atoms with van der Waals surface area (Å²) < 4.78 is 5.87. The highest BCUT2D eigenvalue weighted by molar-refractivity contribution is 6.23. The molecule has 6 nitrogen and oxygen atoms in total. The van der Waals surface area contributed by atoms with Gasteiger partial charge >= 0.3 is 0 Å². The highest BCUT2D eigenvalue weighted by atomic mass is 16.5. The first kappa shape index (κ1) is 15.2. The van der Waals surface area contributed by atoms with Crippen LogP contribution in [0.15, 0.2) is 36.4 Å². The number of hydrogen-bond donors (Lipinski definition) is 1. The molecular formula is C18H17NO5. The standard InChI is InChI=1S/C18H17NO5/c1-10(21)11-3-5-12(6-4-11)19-15(22)13-14(16(19)23)18(9-20)8-7-17(13,2)24-18/h3-8,13-14,20H,9H2,1-2H3. The van der Waals surface area contributed by atoms with Crippen LogP contribution in [-0.4, -0.2) is 40.5 Å². The zero-order valence-electron chi connectivity index (χ0n) is 13.4. The molecule has 4 rings (SSSR count). The number of aliphatic hydroxyl groups excluding tert-OH is 1. The highest BCUT2D eigenvalue weighted by Crippen LogP contribution is 2.57. The number of benzene rings is 1. The highest BCUT2D eigenvalue weighted by Gasteiger charge is 2.72. The lowest BCUT2D eigenvalue weighted by atomic mass is 9.73. The number of aliphatic hydroxyl groups is 1. The number of carbonyl (C=O) groups is 3. The van der Waals surface area contributed by atoms with Gasteiger partial charge in [-0.05, 0) is 38.1 Å². The van der Waals surface area contributed by atoms with Crippen LogP contribution >= 0.6 is 0 Å². The van der Waals surface area contributed by atoms with Gasteiger partial charge in [-0.25, -0.2) is 4.90 Å². The summed E-state index contributed by atoms with van der Waals surface area (Å²) in [5.74, 6) is -2.16. The van der Waals surface area contributed by atoms with Gasteiger partial charge in [0.15, 0.2) is 5.78 Å². The topological polar surface area (TPSA) is 83.9 Å². The van der Waals surface area contributed by atoms with E-state index in [-0.39, 0.29) is 24.2 Å². The summed E-state index contributed by atoms with van der Waals surface area (Å²) in [6.07, 6.45) is 3.46. The van der Waals surface area contributed by atoms with Gasteiger partial charge in [0.25, 0.3) is 0 Å². The van der Waals surface area contributed by atoms with Crippen molar-refractivity contribution in [3.8, 4) is 0 Å². The number of carbonyl (C=O) groups excluding carboxylic acids is 3. The van der Waals surface area contributed by atoms with Gasteiger partial charge in [-0.2, -0.15) is 0 Å². The van der Waals surface area contributed by atoms with E-state index in [4.69, 9.17) is 4.74 Å². The Labute approximate surface area is 138 Å². The summed E-state index contributed by atoms with van der Waals surface area (Å²) in [6.45, 7) is 2.87. The minimum absolute atomic E-state index is 0.0834. The van der Waals surface area contributed by atoms with Crippen molar-refractivity contribution >= 4 is 23.3 Å². The number of hydrogen-bond acceptors (Lipinski definition) is 5. The third-order valence-corrected chi connectivity index (χ3v) is 5.34. The van der Waals surface area contributed by atoms with Gasteiger partial charge in [0.2, 0.25) is 11.8 Å². The number of Topliss-reactive ketones (excluding diaryl/α,β-unsaturated/α-hetero) is 1. The van der Waals surface area contributed by atoms with Gasteiger partial charge in [-0.1, -0.05) is 12.2 Å². The Hall–Kier alpha value is -2.31. The molecule has 124 valence electrons. The lowest BCUT2D eigenvalue weighted by Gasteiger charge is -2.27. The molecule has 24 heavy (non-hydrogen) atoms. The molecule has 2 amide bonds. The summed E-state index contributed by atoms with van der Waals surface area (Å²) in [6, 6.07) is 6.38. The lowest BCUT2D eigenvalue weighted by Crippen LogP contribution is -2.43. The molecule has 2 saturated heterocycles. The SMILES string of the molecule is CC(=O)c1ccc(N2C(=O)C3C(C2=O)C2(CO)C=CC3(C)O2)cc1. The van der Waals surface area contributed by atoms with E-state index in [9.17, 15) is 19.5 Å². The first-order chi connectivity index (χ1) is 11.3. The van der Waals surface area contributed by atoms with Crippen LogP contribution < -0.4 is 4.90 Å². The molecule has 0 spiro atoms. The van der Waals surface area contributed by atoms with Crippen molar-refractivity contribution in [1.29, 1.82) is 0 Å². The van der Waals surface area contributed by atoms with Crippen molar-refractivity contribution in [2.75, 3.05) is 11.5 Å². The second-order valence-electron chi connectivity index (χ2n) is 6.80. The fourth-order valence-electron chi connectivity index (χ4n) is 4.14. The number of ketones is 1. The van der Waals surface area contributed by atoms with Crippen molar-refractivity contribution in [3.05, 3.63) is 42.0 Å². The van der Waals surface area contributed by atoms with E-state index in [1.807, 2.05) is 0 Å². The van der Waals surface area contributed by atoms with Crippen molar-refractivity contribution in [2.24, 2.45) is 11.8 Å². The quantitative estimate of drug-likeness (QED) is 0.510.